The molecule has 2 aromatic carbocycles. The molecule has 0 saturated heterocycles. The van der Waals surface area contributed by atoms with Crippen LogP contribution >= 0.6 is 7.80 Å². The second-order valence-corrected chi connectivity index (χ2v) is 12.5. The van der Waals surface area contributed by atoms with Gasteiger partial charge in [0.15, 0.2) is 13.6 Å². The van der Waals surface area contributed by atoms with Gasteiger partial charge in [-0.2, -0.15) is 0 Å². The molecule has 171 valence electrons. The van der Waals surface area contributed by atoms with Crippen molar-refractivity contribution in [1.82, 2.24) is 0 Å². The molecule has 3 rings (SSSR count). The van der Waals surface area contributed by atoms with Gasteiger partial charge >= 0.3 is 0 Å². The summed E-state index contributed by atoms with van der Waals surface area (Å²) in [5.41, 5.74) is 6.50. The van der Waals surface area contributed by atoms with E-state index in [2.05, 4.69) is 32.9 Å². The van der Waals surface area contributed by atoms with Gasteiger partial charge in [0.1, 0.15) is 5.16 Å². The Morgan fingerprint density at radius 3 is 1.66 bits per heavy atom. The molecule has 0 aliphatic heterocycles. The largest absolute Gasteiger partial charge is 0.293 e. The smallest absolute Gasteiger partial charge is 0.243 e. The number of benzene rings is 2. The van der Waals surface area contributed by atoms with Crippen LogP contribution in [-0.2, 0) is 9.98 Å². The van der Waals surface area contributed by atoms with Gasteiger partial charge in [-0.25, -0.2) is 0 Å². The van der Waals surface area contributed by atoms with E-state index in [1.54, 1.807) is 0 Å². The first-order chi connectivity index (χ1) is 14.8. The van der Waals surface area contributed by atoms with Crippen LogP contribution < -0.4 is 0 Å². The van der Waals surface area contributed by atoms with Crippen molar-refractivity contribution < 1.29 is 14.2 Å². The number of carbonyl (C=O) groups excluding carboxylic acids is 2. The predicted octanol–water partition coefficient (Wildman–Crippen LogP) is 7.69. The SMILES string of the molecule is Cc1cc(C)c(C(=O)[P](=O)C2(C(=O)c3c(C)cc(C(C)(C)C)cc3C)CCCC2)c(C)c1. The summed E-state index contributed by atoms with van der Waals surface area (Å²) in [5.74, 6) is -0.109. The zero-order valence-electron chi connectivity index (χ0n) is 20.8. The summed E-state index contributed by atoms with van der Waals surface area (Å²) in [6.45, 7) is 16.2. The van der Waals surface area contributed by atoms with Crippen molar-refractivity contribution in [2.24, 2.45) is 0 Å². The fourth-order valence-corrected chi connectivity index (χ4v) is 7.25. The second kappa shape index (κ2) is 8.67. The third-order valence-electron chi connectivity index (χ3n) is 6.94. The van der Waals surface area contributed by atoms with Crippen molar-refractivity contribution >= 4 is 19.1 Å². The van der Waals surface area contributed by atoms with Crippen LogP contribution in [0.25, 0.3) is 0 Å². The predicted molar refractivity (Wildman–Crippen MR) is 133 cm³/mol. The first kappa shape index (κ1) is 24.5. The fourth-order valence-electron chi connectivity index (χ4n) is 5.28. The summed E-state index contributed by atoms with van der Waals surface area (Å²) in [6.07, 6.45) is 2.67. The minimum atomic E-state index is -2.40. The Kier molecular flexibility index (Phi) is 6.64. The lowest BCUT2D eigenvalue weighted by molar-refractivity contribution is 0.0929. The highest BCUT2D eigenvalue weighted by Gasteiger charge is 2.51. The number of carbonyl (C=O) groups is 2. The van der Waals surface area contributed by atoms with E-state index in [4.69, 9.17) is 0 Å². The van der Waals surface area contributed by atoms with Gasteiger partial charge in [-0.1, -0.05) is 63.4 Å². The zero-order valence-corrected chi connectivity index (χ0v) is 21.7. The molecule has 1 fully saturated rings. The molecule has 1 saturated carbocycles. The van der Waals surface area contributed by atoms with Crippen LogP contribution in [-0.4, -0.2) is 16.5 Å². The van der Waals surface area contributed by atoms with Crippen LogP contribution in [0.4, 0.5) is 0 Å². The highest BCUT2D eigenvalue weighted by molar-refractivity contribution is 7.67. The molecule has 2 aromatic rings. The molecule has 0 spiro atoms. The molecule has 3 nitrogen and oxygen atoms in total. The Morgan fingerprint density at radius 2 is 1.22 bits per heavy atom. The maximum absolute atomic E-state index is 14.0. The van der Waals surface area contributed by atoms with Gasteiger partial charge < -0.3 is 0 Å². The third kappa shape index (κ3) is 4.25. The van der Waals surface area contributed by atoms with E-state index in [0.717, 1.165) is 40.7 Å². The van der Waals surface area contributed by atoms with Crippen LogP contribution in [0.3, 0.4) is 0 Å². The summed E-state index contributed by atoms with van der Waals surface area (Å²) in [7, 11) is -2.40. The van der Waals surface area contributed by atoms with Gasteiger partial charge in [0.25, 0.3) is 0 Å². The van der Waals surface area contributed by atoms with Crippen molar-refractivity contribution in [1.29, 1.82) is 0 Å². The number of hydrogen-bond acceptors (Lipinski definition) is 3. The highest BCUT2D eigenvalue weighted by atomic mass is 31.1. The third-order valence-corrected chi connectivity index (χ3v) is 8.96. The Hall–Kier alpha value is -2.12. The van der Waals surface area contributed by atoms with Crippen molar-refractivity contribution in [3.63, 3.8) is 0 Å². The van der Waals surface area contributed by atoms with Crippen LogP contribution in [0.15, 0.2) is 24.3 Å². The van der Waals surface area contributed by atoms with Crippen LogP contribution in [0.2, 0.25) is 0 Å². The Balaban J connectivity index is 2.09. The normalized spacial score (nSPS) is 16.2. The number of rotatable bonds is 5. The van der Waals surface area contributed by atoms with E-state index in [0.29, 0.717) is 24.0 Å². The topological polar surface area (TPSA) is 51.2 Å². The maximum Gasteiger partial charge on any atom is 0.243 e. The van der Waals surface area contributed by atoms with Gasteiger partial charge in [-0.05, 0) is 80.7 Å². The van der Waals surface area contributed by atoms with Gasteiger partial charge in [0.2, 0.25) is 5.52 Å². The van der Waals surface area contributed by atoms with E-state index >= 15 is 0 Å². The molecule has 1 atom stereocenters. The maximum atomic E-state index is 14.0. The standard InChI is InChI=1S/C28H36O3P/c1-17-13-18(2)24(19(3)14-17)26(30)32(31)28(11-9-10-12-28)25(29)23-20(4)15-22(16-21(23)5)27(6,7)8/h13-16H,9-12H2,1-8H3. The van der Waals surface area contributed by atoms with Crippen LogP contribution in [0.1, 0.15) is 101 Å². The molecule has 4 heteroatoms. The first-order valence-corrected chi connectivity index (χ1v) is 12.8. The molecule has 1 aliphatic rings. The Bertz CT molecular complexity index is 1070. The molecule has 0 N–H and O–H groups in total. The quantitative estimate of drug-likeness (QED) is 0.346. The first-order valence-electron chi connectivity index (χ1n) is 11.6. The van der Waals surface area contributed by atoms with E-state index in [1.807, 2.05) is 46.8 Å². The molecular weight excluding hydrogens is 415 g/mol. The van der Waals surface area contributed by atoms with Gasteiger partial charge in [0, 0.05) is 11.1 Å². The number of Topliss-reactive ketones (excluding diaryl/α,β-unsaturated/α-hetero) is 1. The van der Waals surface area contributed by atoms with Crippen molar-refractivity contribution in [3.05, 3.63) is 68.8 Å². The van der Waals surface area contributed by atoms with Crippen molar-refractivity contribution in [2.75, 3.05) is 0 Å². The average Bonchev–Trinajstić information content (AvgIpc) is 3.16. The minimum Gasteiger partial charge on any atom is -0.293 e. The number of hydrogen-bond donors (Lipinski definition) is 0. The molecule has 0 heterocycles. The summed E-state index contributed by atoms with van der Waals surface area (Å²) in [5, 5.41) is -1.10. The lowest BCUT2D eigenvalue weighted by Crippen LogP contribution is -2.35. The average molecular weight is 452 g/mol. The van der Waals surface area contributed by atoms with Crippen molar-refractivity contribution in [2.45, 2.75) is 91.6 Å². The van der Waals surface area contributed by atoms with Gasteiger partial charge in [-0.15, -0.1) is 0 Å². The number of ketones is 1. The molecule has 0 bridgehead atoms. The summed E-state index contributed by atoms with van der Waals surface area (Å²) in [6, 6.07) is 8.05. The van der Waals surface area contributed by atoms with E-state index in [9.17, 15) is 14.2 Å². The molecule has 0 amide bonds. The van der Waals surface area contributed by atoms with Gasteiger partial charge in [-0.3, -0.25) is 14.2 Å². The zero-order chi connectivity index (χ0) is 24.0. The molecule has 32 heavy (non-hydrogen) atoms. The Morgan fingerprint density at radius 1 is 0.781 bits per heavy atom. The van der Waals surface area contributed by atoms with Crippen molar-refractivity contribution in [3.8, 4) is 0 Å². The van der Waals surface area contributed by atoms with E-state index < -0.39 is 13.0 Å². The monoisotopic (exact) mass is 451 g/mol. The van der Waals surface area contributed by atoms with E-state index in [-0.39, 0.29) is 16.7 Å². The summed E-state index contributed by atoms with van der Waals surface area (Å²) >= 11 is 0. The molecule has 0 aromatic heterocycles. The summed E-state index contributed by atoms with van der Waals surface area (Å²) < 4.78 is 13.9. The molecular formula is C28H36O3P. The number of aryl methyl sites for hydroxylation is 5. The lowest BCUT2D eigenvalue weighted by Gasteiger charge is -2.29. The highest BCUT2D eigenvalue weighted by Crippen LogP contribution is 2.54. The molecule has 1 aliphatic carbocycles. The minimum absolute atomic E-state index is 0.0241. The summed E-state index contributed by atoms with van der Waals surface area (Å²) in [4.78, 5) is 27.6. The fraction of sp³-hybridized carbons (Fsp3) is 0.500. The van der Waals surface area contributed by atoms with Gasteiger partial charge in [0.05, 0.1) is 0 Å². The second-order valence-electron chi connectivity index (χ2n) is 10.7. The van der Waals surface area contributed by atoms with Crippen LogP contribution in [0.5, 0.6) is 0 Å². The van der Waals surface area contributed by atoms with Crippen LogP contribution in [0, 0.1) is 34.6 Å². The molecule has 1 radical (unpaired) electrons. The lowest BCUT2D eigenvalue weighted by atomic mass is 9.81. The molecule has 1 unspecified atom stereocenters. The van der Waals surface area contributed by atoms with E-state index in [1.165, 1.54) is 5.56 Å². The Labute approximate surface area is 193 Å².